The molecule has 1 atom stereocenters. The molecule has 0 aromatic heterocycles. The zero-order valence-electron chi connectivity index (χ0n) is 11.3. The Balaban J connectivity index is 0.000000606. The smallest absolute Gasteiger partial charge is 0.168 e. The third-order valence-corrected chi connectivity index (χ3v) is 3.89. The van der Waals surface area contributed by atoms with Crippen LogP contribution in [0.4, 0.5) is 0 Å². The van der Waals surface area contributed by atoms with Crippen LogP contribution in [-0.4, -0.2) is 5.78 Å². The van der Waals surface area contributed by atoms with Crippen molar-refractivity contribution < 1.29 is 4.79 Å². The van der Waals surface area contributed by atoms with Gasteiger partial charge in [0.2, 0.25) is 0 Å². The van der Waals surface area contributed by atoms with E-state index in [1.54, 1.807) is 0 Å². The van der Waals surface area contributed by atoms with E-state index in [9.17, 15) is 4.79 Å². The molecule has 1 nitrogen and oxygen atoms in total. The molecule has 0 amide bonds. The molecule has 2 aliphatic rings. The number of rotatable bonds is 0. The minimum absolute atomic E-state index is 0.166. The Labute approximate surface area is 99.6 Å². The maximum absolute atomic E-state index is 12.2. The molecule has 1 unspecified atom stereocenters. The molecule has 0 bridgehead atoms. The summed E-state index contributed by atoms with van der Waals surface area (Å²) < 4.78 is 0. The second kappa shape index (κ2) is 4.99. The predicted octanol–water partition coefficient (Wildman–Crippen LogP) is 4.29. The highest BCUT2D eigenvalue weighted by molar-refractivity contribution is 6.03. The van der Waals surface area contributed by atoms with E-state index in [1.807, 2.05) is 19.9 Å². The molecule has 16 heavy (non-hydrogen) atoms. The SMILES string of the molecule is CC.CC1CC2=C(C=CCC2)C(=O)C1(C)C. The van der Waals surface area contributed by atoms with E-state index >= 15 is 0 Å². The Kier molecular flexibility index (Phi) is 4.12. The number of carbonyl (C=O) groups excluding carboxylic acids is 1. The first-order valence-electron chi connectivity index (χ1n) is 6.47. The highest BCUT2D eigenvalue weighted by Crippen LogP contribution is 2.43. The van der Waals surface area contributed by atoms with Gasteiger partial charge in [-0.1, -0.05) is 52.3 Å². The predicted molar refractivity (Wildman–Crippen MR) is 69.3 cm³/mol. The summed E-state index contributed by atoms with van der Waals surface area (Å²) in [6.45, 7) is 10.3. The van der Waals surface area contributed by atoms with Crippen LogP contribution in [0.3, 0.4) is 0 Å². The van der Waals surface area contributed by atoms with Crippen molar-refractivity contribution in [3.63, 3.8) is 0 Å². The molecule has 0 aromatic rings. The largest absolute Gasteiger partial charge is 0.294 e. The van der Waals surface area contributed by atoms with Crippen molar-refractivity contribution in [3.8, 4) is 0 Å². The van der Waals surface area contributed by atoms with Crippen LogP contribution in [0, 0.1) is 11.3 Å². The Morgan fingerprint density at radius 3 is 2.56 bits per heavy atom. The van der Waals surface area contributed by atoms with Crippen molar-refractivity contribution in [2.24, 2.45) is 11.3 Å². The molecule has 0 heterocycles. The summed E-state index contributed by atoms with van der Waals surface area (Å²) in [7, 11) is 0. The van der Waals surface area contributed by atoms with E-state index in [1.165, 1.54) is 5.57 Å². The topological polar surface area (TPSA) is 17.1 Å². The van der Waals surface area contributed by atoms with Crippen molar-refractivity contribution in [1.82, 2.24) is 0 Å². The Morgan fingerprint density at radius 1 is 1.31 bits per heavy atom. The quantitative estimate of drug-likeness (QED) is 0.595. The maximum Gasteiger partial charge on any atom is 0.168 e. The van der Waals surface area contributed by atoms with Crippen LogP contribution < -0.4 is 0 Å². The number of hydrogen-bond donors (Lipinski definition) is 0. The summed E-state index contributed by atoms with van der Waals surface area (Å²) in [6, 6.07) is 0. The van der Waals surface area contributed by atoms with E-state index in [4.69, 9.17) is 0 Å². The van der Waals surface area contributed by atoms with Gasteiger partial charge in [-0.05, 0) is 25.2 Å². The monoisotopic (exact) mass is 220 g/mol. The lowest BCUT2D eigenvalue weighted by molar-refractivity contribution is -0.126. The third kappa shape index (κ3) is 2.14. The van der Waals surface area contributed by atoms with Crippen LogP contribution in [0.1, 0.15) is 53.9 Å². The summed E-state index contributed by atoms with van der Waals surface area (Å²) in [5.74, 6) is 0.836. The van der Waals surface area contributed by atoms with E-state index < -0.39 is 0 Å². The van der Waals surface area contributed by atoms with Crippen LogP contribution in [-0.2, 0) is 4.79 Å². The number of Topliss-reactive ketones (excluding diaryl/α,β-unsaturated/α-hetero) is 1. The van der Waals surface area contributed by atoms with Crippen LogP contribution >= 0.6 is 0 Å². The zero-order valence-corrected chi connectivity index (χ0v) is 11.3. The Hall–Kier alpha value is -0.850. The lowest BCUT2D eigenvalue weighted by Crippen LogP contribution is -2.37. The van der Waals surface area contributed by atoms with Crippen LogP contribution in [0.25, 0.3) is 0 Å². The van der Waals surface area contributed by atoms with Crippen molar-refractivity contribution in [2.75, 3.05) is 0 Å². The Morgan fingerprint density at radius 2 is 1.94 bits per heavy atom. The lowest BCUT2D eigenvalue weighted by Gasteiger charge is -2.37. The average molecular weight is 220 g/mol. The molecule has 2 rings (SSSR count). The summed E-state index contributed by atoms with van der Waals surface area (Å²) >= 11 is 0. The third-order valence-electron chi connectivity index (χ3n) is 3.89. The molecule has 0 saturated heterocycles. The van der Waals surface area contributed by atoms with E-state index in [-0.39, 0.29) is 5.41 Å². The van der Waals surface area contributed by atoms with Crippen LogP contribution in [0.5, 0.6) is 0 Å². The number of ketones is 1. The fourth-order valence-corrected chi connectivity index (χ4v) is 2.36. The molecule has 0 N–H and O–H groups in total. The molecule has 0 aliphatic heterocycles. The lowest BCUT2D eigenvalue weighted by atomic mass is 9.65. The number of carbonyl (C=O) groups is 1. The molecule has 0 aromatic carbocycles. The summed E-state index contributed by atoms with van der Waals surface area (Å²) in [6.07, 6.45) is 7.48. The van der Waals surface area contributed by atoms with Crippen molar-refractivity contribution in [1.29, 1.82) is 0 Å². The van der Waals surface area contributed by atoms with E-state index in [2.05, 4.69) is 26.8 Å². The zero-order chi connectivity index (χ0) is 12.3. The molecule has 0 saturated carbocycles. The maximum atomic E-state index is 12.2. The molecule has 0 radical (unpaired) electrons. The van der Waals surface area contributed by atoms with E-state index in [0.717, 1.165) is 24.8 Å². The van der Waals surface area contributed by atoms with Gasteiger partial charge in [-0.2, -0.15) is 0 Å². The highest BCUT2D eigenvalue weighted by atomic mass is 16.1. The fraction of sp³-hybridized carbons (Fsp3) is 0.667. The highest BCUT2D eigenvalue weighted by Gasteiger charge is 2.40. The minimum Gasteiger partial charge on any atom is -0.294 e. The van der Waals surface area contributed by atoms with Gasteiger partial charge >= 0.3 is 0 Å². The van der Waals surface area contributed by atoms with Gasteiger partial charge < -0.3 is 0 Å². The molecular weight excluding hydrogens is 196 g/mol. The van der Waals surface area contributed by atoms with E-state index in [0.29, 0.717) is 11.7 Å². The fourth-order valence-electron chi connectivity index (χ4n) is 2.36. The van der Waals surface area contributed by atoms with Crippen LogP contribution in [0.2, 0.25) is 0 Å². The molecule has 0 spiro atoms. The molecule has 2 aliphatic carbocycles. The molecular formula is C15H24O. The first-order chi connectivity index (χ1) is 7.53. The van der Waals surface area contributed by atoms with Gasteiger partial charge in [0.25, 0.3) is 0 Å². The molecule has 90 valence electrons. The average Bonchev–Trinajstić information content (AvgIpc) is 2.30. The first kappa shape index (κ1) is 13.2. The minimum atomic E-state index is -0.166. The van der Waals surface area contributed by atoms with Gasteiger partial charge in [0.15, 0.2) is 5.78 Å². The number of allylic oxidation sites excluding steroid dienone is 4. The number of hydrogen-bond acceptors (Lipinski definition) is 1. The van der Waals surface area contributed by atoms with Gasteiger partial charge in [0.05, 0.1) is 0 Å². The van der Waals surface area contributed by atoms with Crippen molar-refractivity contribution >= 4 is 5.78 Å². The van der Waals surface area contributed by atoms with Gasteiger partial charge in [-0.3, -0.25) is 4.79 Å². The standard InChI is InChI=1S/C13H18O.C2H6/c1-9-8-10-6-4-5-7-11(10)12(14)13(9,2)3;1-2/h5,7,9H,4,6,8H2,1-3H3;1-2H3. The summed E-state index contributed by atoms with van der Waals surface area (Å²) in [4.78, 5) is 12.2. The summed E-state index contributed by atoms with van der Waals surface area (Å²) in [5, 5.41) is 0. The first-order valence-corrected chi connectivity index (χ1v) is 6.47. The second-order valence-electron chi connectivity index (χ2n) is 5.11. The van der Waals surface area contributed by atoms with Gasteiger partial charge in [-0.15, -0.1) is 0 Å². The molecule has 0 fully saturated rings. The van der Waals surface area contributed by atoms with Crippen LogP contribution in [0.15, 0.2) is 23.3 Å². The Bertz CT molecular complexity index is 331. The van der Waals surface area contributed by atoms with Crippen molar-refractivity contribution in [2.45, 2.75) is 53.9 Å². The molecule has 1 heteroatoms. The van der Waals surface area contributed by atoms with Gasteiger partial charge in [-0.25, -0.2) is 0 Å². The second-order valence-corrected chi connectivity index (χ2v) is 5.11. The normalized spacial score (nSPS) is 27.1. The summed E-state index contributed by atoms with van der Waals surface area (Å²) in [5.41, 5.74) is 2.24. The van der Waals surface area contributed by atoms with Crippen molar-refractivity contribution in [3.05, 3.63) is 23.3 Å². The van der Waals surface area contributed by atoms with Gasteiger partial charge in [0.1, 0.15) is 0 Å². The van der Waals surface area contributed by atoms with Gasteiger partial charge in [0, 0.05) is 11.0 Å².